The van der Waals surface area contributed by atoms with Crippen molar-refractivity contribution in [3.63, 3.8) is 0 Å². The van der Waals surface area contributed by atoms with Gasteiger partial charge in [0.1, 0.15) is 5.15 Å². The van der Waals surface area contributed by atoms with Crippen LogP contribution in [0.3, 0.4) is 0 Å². The van der Waals surface area contributed by atoms with E-state index >= 15 is 0 Å². The van der Waals surface area contributed by atoms with Gasteiger partial charge < -0.3 is 5.73 Å². The van der Waals surface area contributed by atoms with Crippen molar-refractivity contribution in [1.29, 1.82) is 0 Å². The summed E-state index contributed by atoms with van der Waals surface area (Å²) in [5.41, 5.74) is 7.18. The molecule has 0 aromatic carbocycles. The summed E-state index contributed by atoms with van der Waals surface area (Å²) >= 11 is 6.01. The second-order valence-electron chi connectivity index (χ2n) is 3.95. The molecule has 1 heterocycles. The van der Waals surface area contributed by atoms with Crippen LogP contribution < -0.4 is 5.73 Å². The largest absolute Gasteiger partial charge is 0.324 e. The molecule has 0 amide bonds. The molecule has 1 aromatic heterocycles. The van der Waals surface area contributed by atoms with Crippen molar-refractivity contribution in [3.05, 3.63) is 29.0 Å². The van der Waals surface area contributed by atoms with Crippen molar-refractivity contribution >= 4 is 11.6 Å². The Bertz CT molecular complexity index is 308. The Hall–Kier alpha value is -0.600. The van der Waals surface area contributed by atoms with Crippen LogP contribution in [0, 0.1) is 5.92 Å². The third-order valence-electron chi connectivity index (χ3n) is 3.05. The molecule has 0 saturated heterocycles. The quantitative estimate of drug-likeness (QED) is 0.763. The van der Waals surface area contributed by atoms with E-state index in [1.807, 2.05) is 12.1 Å². The Morgan fingerprint density at radius 2 is 2.14 bits per heavy atom. The van der Waals surface area contributed by atoms with Crippen molar-refractivity contribution in [2.75, 3.05) is 0 Å². The molecule has 0 aliphatic heterocycles. The van der Waals surface area contributed by atoms with Gasteiger partial charge in [0.05, 0.1) is 0 Å². The SMILES string of the molecule is NC(c1cccnc1Cl)C1CCCC1. The lowest BCUT2D eigenvalue weighted by Crippen LogP contribution is -2.19. The van der Waals surface area contributed by atoms with Gasteiger partial charge in [-0.2, -0.15) is 0 Å². The monoisotopic (exact) mass is 210 g/mol. The first-order valence-electron chi connectivity index (χ1n) is 5.15. The number of hydrogen-bond donors (Lipinski definition) is 1. The van der Waals surface area contributed by atoms with Gasteiger partial charge in [-0.15, -0.1) is 0 Å². The third kappa shape index (κ3) is 1.91. The van der Waals surface area contributed by atoms with Crippen LogP contribution in [0.5, 0.6) is 0 Å². The fourth-order valence-corrected chi connectivity index (χ4v) is 2.46. The van der Waals surface area contributed by atoms with Crippen LogP contribution in [-0.2, 0) is 0 Å². The summed E-state index contributed by atoms with van der Waals surface area (Å²) in [6, 6.07) is 3.95. The van der Waals surface area contributed by atoms with Crippen molar-refractivity contribution in [2.45, 2.75) is 31.7 Å². The molecule has 0 radical (unpaired) electrons. The number of nitrogens with two attached hydrogens (primary N) is 1. The maximum Gasteiger partial charge on any atom is 0.133 e. The number of aromatic nitrogens is 1. The van der Waals surface area contributed by atoms with Gasteiger partial charge in [-0.3, -0.25) is 0 Å². The maximum absolute atomic E-state index is 6.18. The lowest BCUT2D eigenvalue weighted by atomic mass is 9.93. The summed E-state index contributed by atoms with van der Waals surface area (Å²) in [6.45, 7) is 0. The van der Waals surface area contributed by atoms with E-state index in [2.05, 4.69) is 4.98 Å². The first-order chi connectivity index (χ1) is 6.79. The van der Waals surface area contributed by atoms with E-state index in [0.717, 1.165) is 5.56 Å². The summed E-state index contributed by atoms with van der Waals surface area (Å²) in [7, 11) is 0. The van der Waals surface area contributed by atoms with E-state index in [1.54, 1.807) is 6.20 Å². The Morgan fingerprint density at radius 1 is 1.43 bits per heavy atom. The third-order valence-corrected chi connectivity index (χ3v) is 3.37. The van der Waals surface area contributed by atoms with Crippen molar-refractivity contribution < 1.29 is 0 Å². The normalized spacial score (nSPS) is 19.9. The molecule has 1 fully saturated rings. The van der Waals surface area contributed by atoms with Crippen LogP contribution in [-0.4, -0.2) is 4.98 Å². The van der Waals surface area contributed by atoms with Gasteiger partial charge in [-0.25, -0.2) is 4.98 Å². The average Bonchev–Trinajstić information content (AvgIpc) is 2.70. The highest BCUT2D eigenvalue weighted by molar-refractivity contribution is 6.30. The van der Waals surface area contributed by atoms with Gasteiger partial charge in [0, 0.05) is 17.8 Å². The molecule has 1 aliphatic carbocycles. The zero-order chi connectivity index (χ0) is 9.97. The van der Waals surface area contributed by atoms with Crippen molar-refractivity contribution in [1.82, 2.24) is 4.98 Å². The second-order valence-corrected chi connectivity index (χ2v) is 4.31. The Morgan fingerprint density at radius 3 is 2.79 bits per heavy atom. The van der Waals surface area contributed by atoms with Crippen molar-refractivity contribution in [3.8, 4) is 0 Å². The van der Waals surface area contributed by atoms with Gasteiger partial charge in [0.2, 0.25) is 0 Å². The summed E-state index contributed by atoms with van der Waals surface area (Å²) in [5, 5.41) is 0.562. The lowest BCUT2D eigenvalue weighted by Gasteiger charge is -2.19. The van der Waals surface area contributed by atoms with Gasteiger partial charge >= 0.3 is 0 Å². The molecular weight excluding hydrogens is 196 g/mol. The van der Waals surface area contributed by atoms with E-state index < -0.39 is 0 Å². The molecule has 0 bridgehead atoms. The predicted molar refractivity (Wildman–Crippen MR) is 58.1 cm³/mol. The molecular formula is C11H15ClN2. The van der Waals surface area contributed by atoms with E-state index in [-0.39, 0.29) is 6.04 Å². The number of hydrogen-bond acceptors (Lipinski definition) is 2. The van der Waals surface area contributed by atoms with E-state index in [0.29, 0.717) is 11.1 Å². The fourth-order valence-electron chi connectivity index (χ4n) is 2.22. The van der Waals surface area contributed by atoms with Crippen molar-refractivity contribution in [2.24, 2.45) is 11.7 Å². The molecule has 3 heteroatoms. The molecule has 1 atom stereocenters. The first-order valence-corrected chi connectivity index (χ1v) is 5.53. The summed E-state index contributed by atoms with van der Waals surface area (Å²) in [6.07, 6.45) is 6.76. The van der Waals surface area contributed by atoms with Crippen LogP contribution in [0.15, 0.2) is 18.3 Å². The summed E-state index contributed by atoms with van der Waals surface area (Å²) in [5.74, 6) is 0.594. The molecule has 14 heavy (non-hydrogen) atoms. The zero-order valence-electron chi connectivity index (χ0n) is 8.12. The minimum Gasteiger partial charge on any atom is -0.324 e. The minimum atomic E-state index is 0.0682. The topological polar surface area (TPSA) is 38.9 Å². The van der Waals surface area contributed by atoms with Gasteiger partial charge in [0.25, 0.3) is 0 Å². The van der Waals surface area contributed by atoms with Crippen LogP contribution >= 0.6 is 11.6 Å². The molecule has 2 N–H and O–H groups in total. The molecule has 1 saturated carbocycles. The zero-order valence-corrected chi connectivity index (χ0v) is 8.87. The molecule has 1 aromatic rings. The Balaban J connectivity index is 2.17. The molecule has 2 rings (SSSR count). The Labute approximate surface area is 89.5 Å². The highest BCUT2D eigenvalue weighted by atomic mass is 35.5. The second kappa shape index (κ2) is 4.28. The van der Waals surface area contributed by atoms with Crippen LogP contribution in [0.2, 0.25) is 5.15 Å². The highest BCUT2D eigenvalue weighted by Crippen LogP contribution is 2.35. The number of nitrogens with zero attached hydrogens (tertiary/aromatic N) is 1. The number of halogens is 1. The Kier molecular flexibility index (Phi) is 3.04. The summed E-state index contributed by atoms with van der Waals surface area (Å²) in [4.78, 5) is 4.06. The smallest absolute Gasteiger partial charge is 0.133 e. The van der Waals surface area contributed by atoms with Crippen LogP contribution in [0.4, 0.5) is 0 Å². The molecule has 76 valence electrons. The molecule has 2 nitrogen and oxygen atoms in total. The first kappa shape index (κ1) is 9.94. The average molecular weight is 211 g/mol. The van der Waals surface area contributed by atoms with Crippen LogP contribution in [0.1, 0.15) is 37.3 Å². The molecule has 0 spiro atoms. The number of rotatable bonds is 2. The van der Waals surface area contributed by atoms with Gasteiger partial charge in [0.15, 0.2) is 0 Å². The standard InChI is InChI=1S/C11H15ClN2/c12-11-9(6-3-7-14-11)10(13)8-4-1-2-5-8/h3,6-8,10H,1-2,4-5,13H2. The minimum absolute atomic E-state index is 0.0682. The van der Waals surface area contributed by atoms with E-state index in [1.165, 1.54) is 25.7 Å². The summed E-state index contributed by atoms with van der Waals surface area (Å²) < 4.78 is 0. The predicted octanol–water partition coefficient (Wildman–Crippen LogP) is 2.93. The lowest BCUT2D eigenvalue weighted by molar-refractivity contribution is 0.444. The van der Waals surface area contributed by atoms with E-state index in [4.69, 9.17) is 17.3 Å². The highest BCUT2D eigenvalue weighted by Gasteiger charge is 2.24. The fraction of sp³-hybridized carbons (Fsp3) is 0.545. The van der Waals surface area contributed by atoms with Gasteiger partial charge in [-0.1, -0.05) is 30.5 Å². The van der Waals surface area contributed by atoms with E-state index in [9.17, 15) is 0 Å². The van der Waals surface area contributed by atoms with Gasteiger partial charge in [-0.05, 0) is 24.8 Å². The maximum atomic E-state index is 6.18. The number of pyridine rings is 1. The molecule has 1 unspecified atom stereocenters. The molecule has 1 aliphatic rings. The van der Waals surface area contributed by atoms with Crippen LogP contribution in [0.25, 0.3) is 0 Å².